The highest BCUT2D eigenvalue weighted by Crippen LogP contribution is 2.29. The van der Waals surface area contributed by atoms with Crippen LogP contribution in [0.15, 0.2) is 73.1 Å². The number of nitrogens with one attached hydrogen (secondary N) is 1. The fraction of sp³-hybridized carbons (Fsp3) is 0.286. The minimum atomic E-state index is 0.553. The summed E-state index contributed by atoms with van der Waals surface area (Å²) in [4.78, 5) is 14.1. The SMILES string of the molecule is CN1CCN(c2ccc3cc2COC/C=C\Cn2ccc4ccc(cc42)-c2ccnc(n2)N3)CC1. The van der Waals surface area contributed by atoms with Crippen LogP contribution < -0.4 is 10.2 Å². The number of ether oxygens (including phenoxy) is 1. The number of nitrogens with zero attached hydrogens (tertiary/aromatic N) is 5. The highest BCUT2D eigenvalue weighted by molar-refractivity contribution is 5.85. The fourth-order valence-electron chi connectivity index (χ4n) is 4.84. The normalized spacial score (nSPS) is 17.8. The second kappa shape index (κ2) is 9.52. The van der Waals surface area contributed by atoms with Crippen LogP contribution in [-0.4, -0.2) is 59.3 Å². The van der Waals surface area contributed by atoms with E-state index in [9.17, 15) is 0 Å². The molecule has 1 N–H and O–H groups in total. The molecule has 1 saturated heterocycles. The Hall–Kier alpha value is -3.68. The lowest BCUT2D eigenvalue weighted by atomic mass is 10.1. The van der Waals surface area contributed by atoms with Crippen molar-refractivity contribution in [2.75, 3.05) is 50.1 Å². The van der Waals surface area contributed by atoms with Crippen LogP contribution in [0, 0.1) is 0 Å². The Kier molecular flexibility index (Phi) is 5.94. The van der Waals surface area contributed by atoms with Crippen molar-refractivity contribution in [3.8, 4) is 11.3 Å². The van der Waals surface area contributed by atoms with Gasteiger partial charge in [-0.25, -0.2) is 9.97 Å². The van der Waals surface area contributed by atoms with Gasteiger partial charge in [-0.3, -0.25) is 0 Å². The molecule has 2 aliphatic rings. The van der Waals surface area contributed by atoms with Crippen molar-refractivity contribution < 1.29 is 4.74 Å². The lowest BCUT2D eigenvalue weighted by Crippen LogP contribution is -2.44. The van der Waals surface area contributed by atoms with E-state index < -0.39 is 0 Å². The van der Waals surface area contributed by atoms with E-state index >= 15 is 0 Å². The van der Waals surface area contributed by atoms with Crippen LogP contribution >= 0.6 is 0 Å². The molecule has 0 saturated carbocycles. The predicted octanol–water partition coefficient (Wildman–Crippen LogP) is 4.68. The molecule has 0 aliphatic carbocycles. The number of benzene rings is 2. The van der Waals surface area contributed by atoms with Gasteiger partial charge in [-0.2, -0.15) is 0 Å². The summed E-state index contributed by atoms with van der Waals surface area (Å²) in [5.74, 6) is 0.586. The zero-order valence-corrected chi connectivity index (χ0v) is 20.0. The van der Waals surface area contributed by atoms with E-state index in [-0.39, 0.29) is 0 Å². The number of hydrogen-bond acceptors (Lipinski definition) is 6. The van der Waals surface area contributed by atoms with Gasteiger partial charge in [0.05, 0.1) is 18.9 Å². The van der Waals surface area contributed by atoms with Crippen molar-refractivity contribution in [2.24, 2.45) is 0 Å². The average molecular weight is 467 g/mol. The van der Waals surface area contributed by atoms with Gasteiger partial charge in [-0.05, 0) is 48.8 Å². The Morgan fingerprint density at radius 3 is 2.77 bits per heavy atom. The first-order chi connectivity index (χ1) is 17.2. The molecule has 4 heterocycles. The number of anilines is 3. The van der Waals surface area contributed by atoms with Gasteiger partial charge in [0.25, 0.3) is 0 Å². The number of fused-ring (bicyclic) bond motifs is 6. The van der Waals surface area contributed by atoms with E-state index in [1.807, 2.05) is 12.3 Å². The minimum Gasteiger partial charge on any atom is -0.373 e. The molecule has 0 atom stereocenters. The zero-order valence-electron chi connectivity index (χ0n) is 20.0. The summed E-state index contributed by atoms with van der Waals surface area (Å²) in [5, 5.41) is 4.63. The largest absolute Gasteiger partial charge is 0.373 e. The number of piperazine rings is 1. The average Bonchev–Trinajstić information content (AvgIpc) is 3.29. The molecule has 7 heteroatoms. The number of hydrogen-bond donors (Lipinski definition) is 1. The predicted molar refractivity (Wildman–Crippen MR) is 141 cm³/mol. The maximum atomic E-state index is 6.10. The number of allylic oxidation sites excluding steroid dienone is 1. The molecule has 7 nitrogen and oxygen atoms in total. The lowest BCUT2D eigenvalue weighted by Gasteiger charge is -2.35. The third kappa shape index (κ3) is 4.65. The summed E-state index contributed by atoms with van der Waals surface area (Å²) in [6, 6.07) is 17.1. The van der Waals surface area contributed by atoms with E-state index in [4.69, 9.17) is 9.72 Å². The first-order valence-corrected chi connectivity index (χ1v) is 12.2. The van der Waals surface area contributed by atoms with E-state index in [1.54, 1.807) is 0 Å². The van der Waals surface area contributed by atoms with E-state index in [1.165, 1.54) is 22.2 Å². The van der Waals surface area contributed by atoms with Crippen molar-refractivity contribution in [3.63, 3.8) is 0 Å². The Labute approximate surface area is 205 Å². The van der Waals surface area contributed by atoms with Crippen molar-refractivity contribution in [1.29, 1.82) is 0 Å². The van der Waals surface area contributed by atoms with Crippen LogP contribution in [0.3, 0.4) is 0 Å². The third-order valence-corrected chi connectivity index (χ3v) is 6.85. The number of likely N-dealkylation sites (N-methyl/N-ethyl adjacent to an activating group) is 1. The van der Waals surface area contributed by atoms with Crippen molar-refractivity contribution >= 4 is 28.2 Å². The van der Waals surface area contributed by atoms with E-state index in [0.29, 0.717) is 19.2 Å². The van der Waals surface area contributed by atoms with Gasteiger partial charge in [0, 0.05) is 73.1 Å². The summed E-state index contributed by atoms with van der Waals surface area (Å²) < 4.78 is 8.35. The summed E-state index contributed by atoms with van der Waals surface area (Å²) in [6.45, 7) is 6.10. The molecule has 35 heavy (non-hydrogen) atoms. The zero-order chi connectivity index (χ0) is 23.6. The van der Waals surface area contributed by atoms with E-state index in [2.05, 4.69) is 92.5 Å². The van der Waals surface area contributed by atoms with Crippen LogP contribution in [0.25, 0.3) is 22.2 Å². The molecule has 0 radical (unpaired) electrons. The van der Waals surface area contributed by atoms with Gasteiger partial charge < -0.3 is 24.4 Å². The second-order valence-electron chi connectivity index (χ2n) is 9.25. The van der Waals surface area contributed by atoms with Gasteiger partial charge in [0.1, 0.15) is 0 Å². The molecule has 6 bridgehead atoms. The summed E-state index contributed by atoms with van der Waals surface area (Å²) in [5.41, 5.74) is 6.54. The van der Waals surface area contributed by atoms with Crippen LogP contribution in [0.4, 0.5) is 17.3 Å². The molecule has 2 aromatic carbocycles. The Morgan fingerprint density at radius 2 is 1.86 bits per heavy atom. The molecule has 1 fully saturated rings. The summed E-state index contributed by atoms with van der Waals surface area (Å²) >= 11 is 0. The molecular formula is C28H30N6O. The number of aromatic nitrogens is 3. The third-order valence-electron chi connectivity index (χ3n) is 6.85. The highest BCUT2D eigenvalue weighted by atomic mass is 16.5. The van der Waals surface area contributed by atoms with Crippen LogP contribution in [-0.2, 0) is 17.9 Å². The molecule has 178 valence electrons. The Morgan fingerprint density at radius 1 is 0.943 bits per heavy atom. The van der Waals surface area contributed by atoms with Gasteiger partial charge in [0.2, 0.25) is 5.95 Å². The van der Waals surface area contributed by atoms with Crippen molar-refractivity contribution in [3.05, 3.63) is 78.6 Å². The van der Waals surface area contributed by atoms with E-state index in [0.717, 1.165) is 49.7 Å². The minimum absolute atomic E-state index is 0.553. The molecule has 0 amide bonds. The number of rotatable bonds is 1. The highest BCUT2D eigenvalue weighted by Gasteiger charge is 2.18. The quantitative estimate of drug-likeness (QED) is 0.411. The molecular weight excluding hydrogens is 436 g/mol. The lowest BCUT2D eigenvalue weighted by molar-refractivity contribution is 0.148. The summed E-state index contributed by atoms with van der Waals surface area (Å²) in [6.07, 6.45) is 8.23. The molecule has 0 spiro atoms. The van der Waals surface area contributed by atoms with Crippen LogP contribution in [0.5, 0.6) is 0 Å². The first kappa shape index (κ1) is 21.8. The molecule has 2 aliphatic heterocycles. The monoisotopic (exact) mass is 466 g/mol. The maximum Gasteiger partial charge on any atom is 0.227 e. The topological polar surface area (TPSA) is 58.5 Å². The van der Waals surface area contributed by atoms with Gasteiger partial charge in [0.15, 0.2) is 0 Å². The van der Waals surface area contributed by atoms with Gasteiger partial charge >= 0.3 is 0 Å². The van der Waals surface area contributed by atoms with Crippen molar-refractivity contribution in [2.45, 2.75) is 13.2 Å². The molecule has 2 aromatic heterocycles. The molecule has 4 aromatic rings. The molecule has 0 unspecified atom stereocenters. The maximum absolute atomic E-state index is 6.10. The Bertz CT molecular complexity index is 1370. The molecule has 6 rings (SSSR count). The van der Waals surface area contributed by atoms with Crippen LogP contribution in [0.2, 0.25) is 0 Å². The second-order valence-corrected chi connectivity index (χ2v) is 9.25. The smallest absolute Gasteiger partial charge is 0.227 e. The fourth-order valence-corrected chi connectivity index (χ4v) is 4.84. The summed E-state index contributed by atoms with van der Waals surface area (Å²) in [7, 11) is 2.18. The first-order valence-electron chi connectivity index (χ1n) is 12.2. The van der Waals surface area contributed by atoms with Crippen LogP contribution in [0.1, 0.15) is 5.56 Å². The Balaban J connectivity index is 1.37. The van der Waals surface area contributed by atoms with Crippen molar-refractivity contribution in [1.82, 2.24) is 19.4 Å². The van der Waals surface area contributed by atoms with Gasteiger partial charge in [-0.1, -0.05) is 24.3 Å². The standard InChI is InChI=1S/C28H30N6O/c1-32-13-15-34(16-14-32)26-7-6-24-18-23(26)20-35-17-3-2-11-33-12-9-21-4-5-22(19-27(21)33)25-8-10-29-28(30-24)31-25/h2-10,12,18-19H,11,13-17,20H2,1H3,(H,29,30,31)/b3-2-. The van der Waals surface area contributed by atoms with Gasteiger partial charge in [-0.15, -0.1) is 0 Å².